The van der Waals surface area contributed by atoms with E-state index in [2.05, 4.69) is 4.98 Å². The van der Waals surface area contributed by atoms with Gasteiger partial charge in [-0.2, -0.15) is 0 Å². The van der Waals surface area contributed by atoms with E-state index in [1.807, 2.05) is 0 Å². The van der Waals surface area contributed by atoms with Crippen LogP contribution in [0.3, 0.4) is 0 Å². The molecule has 1 aromatic heterocycles. The van der Waals surface area contributed by atoms with Crippen LogP contribution in [0.25, 0.3) is 5.76 Å². The van der Waals surface area contributed by atoms with E-state index in [9.17, 15) is 43.3 Å². The first-order chi connectivity index (χ1) is 19.9. The molecule has 4 aromatic rings. The number of ketones is 1. The molecule has 1 aliphatic rings. The molecule has 0 radical (unpaired) electrons. The molecule has 0 aliphatic carbocycles. The lowest BCUT2D eigenvalue weighted by Gasteiger charge is -2.22. The number of nitro benzene ring substituents is 2. The molecule has 1 saturated heterocycles. The number of Topliss-reactive ketones (excluding diaryl/α,β-unsaturated/α-hetero) is 1. The molecule has 3 aromatic carbocycles. The standard InChI is InChI=1S/C26H15ClN4O9S2/c27-16-6-4-14(5-7-16)23(32)21-22(15-2-1-3-18(12-15)31(37)38)29(25(34)24(21)33)26-28-13-20(41-26)42(39,40)19-10-8-17(9-11-19)30(35)36/h1-13,22,32H. The van der Waals surface area contributed by atoms with Crippen LogP contribution in [-0.4, -0.2) is 40.0 Å². The zero-order valence-corrected chi connectivity index (χ0v) is 23.2. The van der Waals surface area contributed by atoms with E-state index in [0.717, 1.165) is 41.4 Å². The van der Waals surface area contributed by atoms with Gasteiger partial charge in [0.15, 0.2) is 5.13 Å². The number of amides is 1. The Hall–Kier alpha value is -4.99. The van der Waals surface area contributed by atoms with Crippen molar-refractivity contribution in [3.8, 4) is 0 Å². The molecule has 1 atom stereocenters. The van der Waals surface area contributed by atoms with Crippen molar-refractivity contribution in [2.75, 3.05) is 4.90 Å². The highest BCUT2D eigenvalue weighted by molar-refractivity contribution is 7.93. The van der Waals surface area contributed by atoms with Crippen LogP contribution in [-0.2, 0) is 19.4 Å². The second-order valence-electron chi connectivity index (χ2n) is 8.74. The summed E-state index contributed by atoms with van der Waals surface area (Å²) in [6.45, 7) is 0. The number of benzene rings is 3. The molecule has 1 unspecified atom stereocenters. The molecule has 1 N–H and O–H groups in total. The van der Waals surface area contributed by atoms with Crippen LogP contribution in [0.4, 0.5) is 16.5 Å². The number of rotatable bonds is 7. The van der Waals surface area contributed by atoms with Crippen LogP contribution in [0.1, 0.15) is 17.2 Å². The molecule has 0 saturated carbocycles. The van der Waals surface area contributed by atoms with Gasteiger partial charge in [0, 0.05) is 34.9 Å². The van der Waals surface area contributed by atoms with E-state index in [1.54, 1.807) is 0 Å². The van der Waals surface area contributed by atoms with Crippen LogP contribution < -0.4 is 4.90 Å². The number of nitro groups is 2. The third-order valence-corrected chi connectivity index (χ3v) is 9.74. The number of aliphatic hydroxyl groups excluding tert-OH is 1. The molecule has 0 bridgehead atoms. The SMILES string of the molecule is O=C1C(=O)N(c2ncc(S(=O)(=O)c3ccc([N+](=O)[O-])cc3)s2)C(c2cccc([N+](=O)[O-])c2)C1=C(O)c1ccc(Cl)cc1. The summed E-state index contributed by atoms with van der Waals surface area (Å²) in [4.78, 5) is 52.4. The summed E-state index contributed by atoms with van der Waals surface area (Å²) < 4.78 is 26.1. The van der Waals surface area contributed by atoms with Gasteiger partial charge in [0.2, 0.25) is 9.84 Å². The van der Waals surface area contributed by atoms with Gasteiger partial charge >= 0.3 is 5.91 Å². The summed E-state index contributed by atoms with van der Waals surface area (Å²) >= 11 is 6.46. The Morgan fingerprint density at radius 2 is 1.60 bits per heavy atom. The van der Waals surface area contributed by atoms with E-state index >= 15 is 0 Å². The second kappa shape index (κ2) is 10.8. The number of halogens is 1. The van der Waals surface area contributed by atoms with E-state index in [-0.39, 0.29) is 36.7 Å². The zero-order chi connectivity index (χ0) is 30.3. The summed E-state index contributed by atoms with van der Waals surface area (Å²) in [5.41, 5.74) is -0.870. The second-order valence-corrected chi connectivity index (χ2v) is 12.4. The van der Waals surface area contributed by atoms with Crippen LogP contribution >= 0.6 is 22.9 Å². The molecule has 42 heavy (non-hydrogen) atoms. The maximum atomic E-state index is 13.4. The number of aliphatic hydroxyl groups is 1. The number of hydrogen-bond acceptors (Lipinski definition) is 11. The number of non-ortho nitro benzene ring substituents is 2. The van der Waals surface area contributed by atoms with Crippen molar-refractivity contribution in [2.45, 2.75) is 15.1 Å². The average molecular weight is 627 g/mol. The first-order valence-corrected chi connectivity index (χ1v) is 14.3. The van der Waals surface area contributed by atoms with Crippen molar-refractivity contribution >= 4 is 66.7 Å². The maximum Gasteiger partial charge on any atom is 0.301 e. The van der Waals surface area contributed by atoms with Gasteiger partial charge in [0.25, 0.3) is 17.2 Å². The van der Waals surface area contributed by atoms with E-state index in [4.69, 9.17) is 11.6 Å². The minimum absolute atomic E-state index is 0.0777. The highest BCUT2D eigenvalue weighted by atomic mass is 35.5. The number of carbonyl (C=O) groups is 2. The lowest BCUT2D eigenvalue weighted by molar-refractivity contribution is -0.385. The van der Waals surface area contributed by atoms with E-state index < -0.39 is 48.7 Å². The average Bonchev–Trinajstić information content (AvgIpc) is 3.56. The Bertz CT molecular complexity index is 1920. The Morgan fingerprint density at radius 1 is 0.952 bits per heavy atom. The van der Waals surface area contributed by atoms with Crippen LogP contribution in [0.2, 0.25) is 5.02 Å². The van der Waals surface area contributed by atoms with Crippen molar-refractivity contribution in [1.29, 1.82) is 0 Å². The van der Waals surface area contributed by atoms with Gasteiger partial charge in [0.1, 0.15) is 9.97 Å². The third kappa shape index (κ3) is 5.00. The third-order valence-electron chi connectivity index (χ3n) is 6.26. The van der Waals surface area contributed by atoms with Crippen molar-refractivity contribution in [3.05, 3.63) is 121 Å². The topological polar surface area (TPSA) is 191 Å². The predicted molar refractivity (Wildman–Crippen MR) is 150 cm³/mol. The predicted octanol–water partition coefficient (Wildman–Crippen LogP) is 5.07. The summed E-state index contributed by atoms with van der Waals surface area (Å²) in [5.74, 6) is -2.87. The first kappa shape index (κ1) is 28.5. The number of carbonyl (C=O) groups excluding carboxylic acids is 2. The van der Waals surface area contributed by atoms with Crippen molar-refractivity contribution in [2.24, 2.45) is 0 Å². The Morgan fingerprint density at radius 3 is 2.21 bits per heavy atom. The van der Waals surface area contributed by atoms with Gasteiger partial charge in [-0.05, 0) is 42.0 Å². The Balaban J connectivity index is 1.65. The highest BCUT2D eigenvalue weighted by Crippen LogP contribution is 2.45. The highest BCUT2D eigenvalue weighted by Gasteiger charge is 2.48. The van der Waals surface area contributed by atoms with Crippen molar-refractivity contribution in [3.63, 3.8) is 0 Å². The number of aromatic nitrogens is 1. The molecule has 5 rings (SSSR count). The summed E-state index contributed by atoms with van der Waals surface area (Å²) in [6, 6.07) is 13.5. The first-order valence-electron chi connectivity index (χ1n) is 11.7. The summed E-state index contributed by atoms with van der Waals surface area (Å²) in [6.07, 6.45) is 0.958. The molecule has 1 aliphatic heterocycles. The van der Waals surface area contributed by atoms with Crippen LogP contribution in [0, 0.1) is 20.2 Å². The molecule has 212 valence electrons. The monoisotopic (exact) mass is 626 g/mol. The van der Waals surface area contributed by atoms with E-state index in [0.29, 0.717) is 16.4 Å². The van der Waals surface area contributed by atoms with Gasteiger partial charge < -0.3 is 5.11 Å². The number of nitrogens with zero attached hydrogens (tertiary/aromatic N) is 4. The molecule has 1 amide bonds. The Kier molecular flexibility index (Phi) is 7.32. The molecule has 1 fully saturated rings. The molecule has 2 heterocycles. The maximum absolute atomic E-state index is 13.4. The smallest absolute Gasteiger partial charge is 0.301 e. The van der Waals surface area contributed by atoms with Crippen molar-refractivity contribution < 1.29 is 33.0 Å². The van der Waals surface area contributed by atoms with Crippen LogP contribution in [0.15, 0.2) is 93.7 Å². The number of thiazole rings is 1. The zero-order valence-electron chi connectivity index (χ0n) is 20.8. The van der Waals surface area contributed by atoms with Gasteiger partial charge in [-0.1, -0.05) is 35.1 Å². The lowest BCUT2D eigenvalue weighted by Crippen LogP contribution is -2.29. The van der Waals surface area contributed by atoms with Gasteiger partial charge in [-0.15, -0.1) is 0 Å². The quantitative estimate of drug-likeness (QED) is 0.0952. The number of sulfone groups is 1. The number of anilines is 1. The minimum Gasteiger partial charge on any atom is -0.507 e. The molecule has 0 spiro atoms. The fraction of sp³-hybridized carbons (Fsp3) is 0.0385. The van der Waals surface area contributed by atoms with E-state index in [1.165, 1.54) is 42.5 Å². The van der Waals surface area contributed by atoms with Gasteiger partial charge in [-0.3, -0.25) is 34.7 Å². The molecular formula is C26H15ClN4O9S2. The largest absolute Gasteiger partial charge is 0.507 e. The Labute approximate surface area is 245 Å². The van der Waals surface area contributed by atoms with Crippen molar-refractivity contribution in [1.82, 2.24) is 4.98 Å². The molecule has 16 heteroatoms. The fourth-order valence-electron chi connectivity index (χ4n) is 4.27. The normalized spacial score (nSPS) is 16.5. The minimum atomic E-state index is -4.25. The number of hydrogen-bond donors (Lipinski definition) is 1. The van der Waals surface area contributed by atoms with Gasteiger partial charge in [-0.25, -0.2) is 13.4 Å². The summed E-state index contributed by atoms with van der Waals surface area (Å²) in [7, 11) is -4.25. The lowest BCUT2D eigenvalue weighted by atomic mass is 9.95. The molecule has 13 nitrogen and oxygen atoms in total. The van der Waals surface area contributed by atoms with Gasteiger partial charge in [0.05, 0.1) is 32.6 Å². The summed E-state index contributed by atoms with van der Waals surface area (Å²) in [5, 5.41) is 33.7. The fourth-order valence-corrected chi connectivity index (χ4v) is 6.94. The van der Waals surface area contributed by atoms with Crippen LogP contribution in [0.5, 0.6) is 0 Å². The molecular weight excluding hydrogens is 612 g/mol.